The Morgan fingerprint density at radius 3 is 3.00 bits per heavy atom. The van der Waals surface area contributed by atoms with E-state index in [1.807, 2.05) is 0 Å². The zero-order chi connectivity index (χ0) is 14.5. The van der Waals surface area contributed by atoms with Gasteiger partial charge in [0.2, 0.25) is 5.91 Å². The van der Waals surface area contributed by atoms with Crippen LogP contribution in [0.15, 0.2) is 18.2 Å². The van der Waals surface area contributed by atoms with Gasteiger partial charge in [-0.3, -0.25) is 4.79 Å². The molecule has 0 spiro atoms. The summed E-state index contributed by atoms with van der Waals surface area (Å²) in [5, 5.41) is 3.39. The summed E-state index contributed by atoms with van der Waals surface area (Å²) in [6, 6.07) is 5.21. The molecule has 0 radical (unpaired) electrons. The van der Waals surface area contributed by atoms with E-state index >= 15 is 0 Å². The number of hydrogen-bond donors (Lipinski definition) is 2. The van der Waals surface area contributed by atoms with E-state index in [9.17, 15) is 4.79 Å². The molecule has 1 fully saturated rings. The Balaban J connectivity index is 2.03. The molecule has 0 aromatic heterocycles. The topological polar surface area (TPSA) is 67.6 Å². The Morgan fingerprint density at radius 1 is 1.55 bits per heavy atom. The number of hydrogen-bond acceptors (Lipinski definition) is 4. The SMILES string of the molecule is COc1ccc(C(N)=O)cc1NCC1CCCN(C)C1. The van der Waals surface area contributed by atoms with Crippen LogP contribution in [0.5, 0.6) is 5.75 Å². The lowest BCUT2D eigenvalue weighted by Crippen LogP contribution is -2.35. The second-order valence-electron chi connectivity index (χ2n) is 5.43. The summed E-state index contributed by atoms with van der Waals surface area (Å²) in [5.74, 6) is 0.933. The zero-order valence-corrected chi connectivity index (χ0v) is 12.2. The second kappa shape index (κ2) is 6.61. The number of benzene rings is 1. The highest BCUT2D eigenvalue weighted by atomic mass is 16.5. The number of likely N-dealkylation sites (tertiary alicyclic amines) is 1. The number of nitrogens with zero attached hydrogens (tertiary/aromatic N) is 1. The van der Waals surface area contributed by atoms with E-state index in [-0.39, 0.29) is 0 Å². The highest BCUT2D eigenvalue weighted by molar-refractivity contribution is 5.94. The lowest BCUT2D eigenvalue weighted by molar-refractivity contribution is 0.100. The highest BCUT2D eigenvalue weighted by Crippen LogP contribution is 2.26. The maximum Gasteiger partial charge on any atom is 0.248 e. The van der Waals surface area contributed by atoms with Gasteiger partial charge in [-0.1, -0.05) is 0 Å². The van der Waals surface area contributed by atoms with Gasteiger partial charge in [0.25, 0.3) is 0 Å². The van der Waals surface area contributed by atoms with E-state index < -0.39 is 5.91 Å². The van der Waals surface area contributed by atoms with Crippen molar-refractivity contribution in [2.75, 3.05) is 39.1 Å². The molecule has 1 unspecified atom stereocenters. The zero-order valence-electron chi connectivity index (χ0n) is 12.2. The Hall–Kier alpha value is -1.75. The molecule has 5 nitrogen and oxygen atoms in total. The molecule has 110 valence electrons. The highest BCUT2D eigenvalue weighted by Gasteiger charge is 2.17. The molecule has 1 aliphatic heterocycles. The van der Waals surface area contributed by atoms with Crippen LogP contribution in [0.25, 0.3) is 0 Å². The molecule has 1 aromatic rings. The normalized spacial score (nSPS) is 19.6. The van der Waals surface area contributed by atoms with Gasteiger partial charge in [0.1, 0.15) is 5.75 Å². The molecule has 5 heteroatoms. The number of nitrogens with one attached hydrogen (secondary N) is 1. The van der Waals surface area contributed by atoms with Crippen molar-refractivity contribution in [1.29, 1.82) is 0 Å². The Kier molecular flexibility index (Phi) is 4.84. The molecule has 1 aromatic carbocycles. The average Bonchev–Trinajstić information content (AvgIpc) is 2.44. The fraction of sp³-hybridized carbons (Fsp3) is 0.533. The molecule has 1 atom stereocenters. The predicted molar refractivity (Wildman–Crippen MR) is 80.2 cm³/mol. The second-order valence-corrected chi connectivity index (χ2v) is 5.43. The molecule has 1 aliphatic rings. The first-order valence-corrected chi connectivity index (χ1v) is 7.00. The van der Waals surface area contributed by atoms with Crippen LogP contribution in [0.1, 0.15) is 23.2 Å². The maximum absolute atomic E-state index is 11.2. The molecule has 1 heterocycles. The molecular weight excluding hydrogens is 254 g/mol. The lowest BCUT2D eigenvalue weighted by Gasteiger charge is -2.30. The Labute approximate surface area is 120 Å². The molecule has 0 bridgehead atoms. The summed E-state index contributed by atoms with van der Waals surface area (Å²) in [6.07, 6.45) is 2.47. The Morgan fingerprint density at radius 2 is 2.35 bits per heavy atom. The predicted octanol–water partition coefficient (Wildman–Crippen LogP) is 1.55. The van der Waals surface area contributed by atoms with Crippen LogP contribution in [0, 0.1) is 5.92 Å². The van der Waals surface area contributed by atoms with Crippen LogP contribution in [0.3, 0.4) is 0 Å². The van der Waals surface area contributed by atoms with Gasteiger partial charge in [-0.05, 0) is 50.6 Å². The van der Waals surface area contributed by atoms with Gasteiger partial charge in [0.05, 0.1) is 12.8 Å². The molecule has 3 N–H and O–H groups in total. The minimum absolute atomic E-state index is 0.423. The number of anilines is 1. The fourth-order valence-electron chi connectivity index (χ4n) is 2.69. The Bertz CT molecular complexity index is 476. The quantitative estimate of drug-likeness (QED) is 0.857. The van der Waals surface area contributed by atoms with Crippen molar-refractivity contribution in [1.82, 2.24) is 4.90 Å². The van der Waals surface area contributed by atoms with Gasteiger partial charge in [-0.15, -0.1) is 0 Å². The summed E-state index contributed by atoms with van der Waals surface area (Å²) >= 11 is 0. The monoisotopic (exact) mass is 277 g/mol. The smallest absolute Gasteiger partial charge is 0.248 e. The summed E-state index contributed by atoms with van der Waals surface area (Å²) in [4.78, 5) is 13.6. The van der Waals surface area contributed by atoms with E-state index in [0.717, 1.165) is 24.5 Å². The number of piperidine rings is 1. The van der Waals surface area contributed by atoms with Gasteiger partial charge >= 0.3 is 0 Å². The van der Waals surface area contributed by atoms with Gasteiger partial charge in [-0.2, -0.15) is 0 Å². The maximum atomic E-state index is 11.2. The minimum Gasteiger partial charge on any atom is -0.495 e. The molecule has 0 saturated carbocycles. The lowest BCUT2D eigenvalue weighted by atomic mass is 9.98. The van der Waals surface area contributed by atoms with Crippen LogP contribution in [-0.2, 0) is 0 Å². The standard InChI is InChI=1S/C15H23N3O2/c1-18-7-3-4-11(10-18)9-17-13-8-12(15(16)19)5-6-14(13)20-2/h5-6,8,11,17H,3-4,7,9-10H2,1-2H3,(H2,16,19). The van der Waals surface area contributed by atoms with E-state index in [2.05, 4.69) is 17.3 Å². The molecule has 1 amide bonds. The third-order valence-electron chi connectivity index (χ3n) is 3.79. The molecule has 2 rings (SSSR count). The van der Waals surface area contributed by atoms with Gasteiger partial charge in [0, 0.05) is 18.7 Å². The first-order valence-electron chi connectivity index (χ1n) is 7.00. The van der Waals surface area contributed by atoms with Crippen LogP contribution in [-0.4, -0.2) is 44.6 Å². The molecule has 0 aliphatic carbocycles. The third kappa shape index (κ3) is 3.63. The number of nitrogens with two attached hydrogens (primary N) is 1. The molecule has 20 heavy (non-hydrogen) atoms. The van der Waals surface area contributed by atoms with Crippen molar-refractivity contribution in [3.05, 3.63) is 23.8 Å². The van der Waals surface area contributed by atoms with Crippen molar-refractivity contribution < 1.29 is 9.53 Å². The first-order chi connectivity index (χ1) is 9.60. The van der Waals surface area contributed by atoms with Crippen molar-refractivity contribution in [2.24, 2.45) is 11.7 Å². The third-order valence-corrected chi connectivity index (χ3v) is 3.79. The van der Waals surface area contributed by atoms with Crippen LogP contribution >= 0.6 is 0 Å². The van der Waals surface area contributed by atoms with E-state index in [0.29, 0.717) is 11.5 Å². The van der Waals surface area contributed by atoms with Crippen LogP contribution in [0.4, 0.5) is 5.69 Å². The number of primary amides is 1. The minimum atomic E-state index is -0.423. The summed E-state index contributed by atoms with van der Waals surface area (Å²) in [6.45, 7) is 3.16. The summed E-state index contributed by atoms with van der Waals surface area (Å²) in [5.41, 5.74) is 6.64. The van der Waals surface area contributed by atoms with E-state index in [4.69, 9.17) is 10.5 Å². The summed E-state index contributed by atoms with van der Waals surface area (Å²) < 4.78 is 5.32. The number of methoxy groups -OCH3 is 1. The largest absolute Gasteiger partial charge is 0.495 e. The van der Waals surface area contributed by atoms with Gasteiger partial charge in [0.15, 0.2) is 0 Å². The number of carbonyl (C=O) groups excluding carboxylic acids is 1. The van der Waals surface area contributed by atoms with Crippen molar-refractivity contribution in [3.63, 3.8) is 0 Å². The molecular formula is C15H23N3O2. The van der Waals surface area contributed by atoms with Gasteiger partial charge in [-0.25, -0.2) is 0 Å². The number of amides is 1. The number of ether oxygens (including phenoxy) is 1. The summed E-state index contributed by atoms with van der Waals surface area (Å²) in [7, 11) is 3.78. The van der Waals surface area contributed by atoms with Crippen molar-refractivity contribution in [3.8, 4) is 5.75 Å². The number of rotatable bonds is 5. The van der Waals surface area contributed by atoms with E-state index in [1.54, 1.807) is 25.3 Å². The van der Waals surface area contributed by atoms with Crippen LogP contribution < -0.4 is 15.8 Å². The van der Waals surface area contributed by atoms with Crippen molar-refractivity contribution in [2.45, 2.75) is 12.8 Å². The van der Waals surface area contributed by atoms with E-state index in [1.165, 1.54) is 19.4 Å². The number of carbonyl (C=O) groups is 1. The fourth-order valence-corrected chi connectivity index (χ4v) is 2.69. The molecule has 1 saturated heterocycles. The average molecular weight is 277 g/mol. The van der Waals surface area contributed by atoms with Gasteiger partial charge < -0.3 is 20.7 Å². The first kappa shape index (κ1) is 14.7. The van der Waals surface area contributed by atoms with Crippen LogP contribution in [0.2, 0.25) is 0 Å². The van der Waals surface area contributed by atoms with Crippen molar-refractivity contribution >= 4 is 11.6 Å².